The number of nitrogens with two attached hydrogens (primary N) is 1. The smallest absolute Gasteiger partial charge is 0.213 e. The van der Waals surface area contributed by atoms with Crippen molar-refractivity contribution in [3.05, 3.63) is 27.6 Å². The second-order valence-electron chi connectivity index (χ2n) is 2.99. The molecule has 0 spiro atoms. The summed E-state index contributed by atoms with van der Waals surface area (Å²) in [5.41, 5.74) is 6.64. The molecule has 0 aliphatic heterocycles. The normalized spacial score (nSPS) is 10.5. The van der Waals surface area contributed by atoms with Gasteiger partial charge in [0, 0.05) is 14.2 Å². The van der Waals surface area contributed by atoms with Crippen molar-refractivity contribution < 1.29 is 0 Å². The molecule has 1 aromatic carbocycles. The molecular formula is C9H9IN4S. The van der Waals surface area contributed by atoms with E-state index in [-0.39, 0.29) is 0 Å². The van der Waals surface area contributed by atoms with Crippen LogP contribution in [0, 0.1) is 10.5 Å². The fourth-order valence-corrected chi connectivity index (χ4v) is 2.38. The first kappa shape index (κ1) is 10.7. The first-order chi connectivity index (χ1) is 7.15. The molecule has 0 unspecified atom stereocenters. The number of rotatable bonds is 2. The van der Waals surface area contributed by atoms with Crippen LogP contribution in [0.2, 0.25) is 0 Å². The molecule has 6 heteroatoms. The number of aromatic amines is 1. The Kier molecular flexibility index (Phi) is 3.15. The van der Waals surface area contributed by atoms with Crippen LogP contribution in [0.15, 0.2) is 28.3 Å². The van der Waals surface area contributed by atoms with E-state index in [1.54, 1.807) is 0 Å². The maximum absolute atomic E-state index is 5.88. The molecule has 0 bridgehead atoms. The SMILES string of the molecule is Cc1nc(Sc2ccc(I)cc2N)n[nH]1. The molecule has 0 fully saturated rings. The summed E-state index contributed by atoms with van der Waals surface area (Å²) in [6.45, 7) is 1.87. The zero-order chi connectivity index (χ0) is 10.8. The van der Waals surface area contributed by atoms with Gasteiger partial charge in [-0.2, -0.15) is 0 Å². The minimum atomic E-state index is 0.695. The van der Waals surface area contributed by atoms with Crippen molar-refractivity contribution in [2.75, 3.05) is 5.73 Å². The van der Waals surface area contributed by atoms with Gasteiger partial charge in [0.2, 0.25) is 5.16 Å². The summed E-state index contributed by atoms with van der Waals surface area (Å²) in [7, 11) is 0. The molecule has 0 aliphatic carbocycles. The van der Waals surface area contributed by atoms with E-state index in [0.717, 1.165) is 20.0 Å². The largest absolute Gasteiger partial charge is 0.398 e. The van der Waals surface area contributed by atoms with Gasteiger partial charge in [0.25, 0.3) is 0 Å². The minimum absolute atomic E-state index is 0.695. The van der Waals surface area contributed by atoms with E-state index in [9.17, 15) is 0 Å². The fraction of sp³-hybridized carbons (Fsp3) is 0.111. The lowest BCUT2D eigenvalue weighted by Gasteiger charge is -2.02. The summed E-state index contributed by atoms with van der Waals surface area (Å²) in [5.74, 6) is 0.807. The topological polar surface area (TPSA) is 67.6 Å². The number of halogens is 1. The predicted octanol–water partition coefficient (Wildman–Crippen LogP) is 2.45. The first-order valence-electron chi connectivity index (χ1n) is 4.27. The Morgan fingerprint density at radius 3 is 2.87 bits per heavy atom. The number of H-pyrrole nitrogens is 1. The highest BCUT2D eigenvalue weighted by molar-refractivity contribution is 14.1. The fourth-order valence-electron chi connectivity index (χ4n) is 1.08. The van der Waals surface area contributed by atoms with Crippen LogP contribution in [-0.4, -0.2) is 15.2 Å². The van der Waals surface area contributed by atoms with Crippen LogP contribution in [0.4, 0.5) is 5.69 Å². The van der Waals surface area contributed by atoms with Crippen molar-refractivity contribution in [2.24, 2.45) is 0 Å². The van der Waals surface area contributed by atoms with Gasteiger partial charge < -0.3 is 5.73 Å². The van der Waals surface area contributed by atoms with E-state index < -0.39 is 0 Å². The second kappa shape index (κ2) is 4.40. The van der Waals surface area contributed by atoms with Crippen molar-refractivity contribution in [1.29, 1.82) is 0 Å². The summed E-state index contributed by atoms with van der Waals surface area (Å²) < 4.78 is 1.13. The number of nitrogens with one attached hydrogen (secondary N) is 1. The van der Waals surface area contributed by atoms with E-state index in [4.69, 9.17) is 5.73 Å². The Hall–Kier alpha value is -0.760. The number of benzene rings is 1. The average Bonchev–Trinajstić information content (AvgIpc) is 2.56. The third-order valence-electron chi connectivity index (χ3n) is 1.75. The molecule has 15 heavy (non-hydrogen) atoms. The molecule has 0 aliphatic rings. The van der Waals surface area contributed by atoms with E-state index in [1.807, 2.05) is 25.1 Å². The van der Waals surface area contributed by atoms with Crippen LogP contribution in [0.5, 0.6) is 0 Å². The lowest BCUT2D eigenvalue weighted by atomic mass is 10.3. The molecule has 0 atom stereocenters. The molecule has 0 amide bonds. The van der Waals surface area contributed by atoms with Crippen molar-refractivity contribution in [3.8, 4) is 0 Å². The average molecular weight is 332 g/mol. The summed E-state index contributed by atoms with van der Waals surface area (Å²) >= 11 is 3.69. The minimum Gasteiger partial charge on any atom is -0.398 e. The Balaban J connectivity index is 2.24. The molecule has 3 N–H and O–H groups in total. The van der Waals surface area contributed by atoms with Crippen molar-refractivity contribution in [2.45, 2.75) is 17.0 Å². The van der Waals surface area contributed by atoms with Gasteiger partial charge in [0.05, 0.1) is 0 Å². The van der Waals surface area contributed by atoms with Gasteiger partial charge in [-0.15, -0.1) is 5.10 Å². The van der Waals surface area contributed by atoms with E-state index in [1.165, 1.54) is 11.8 Å². The molecule has 78 valence electrons. The van der Waals surface area contributed by atoms with Gasteiger partial charge in [0.15, 0.2) is 0 Å². The molecular weight excluding hydrogens is 323 g/mol. The van der Waals surface area contributed by atoms with E-state index in [2.05, 4.69) is 37.8 Å². The van der Waals surface area contributed by atoms with Crippen molar-refractivity contribution >= 4 is 40.0 Å². The number of nitrogens with zero attached hydrogens (tertiary/aromatic N) is 2. The lowest BCUT2D eigenvalue weighted by molar-refractivity contribution is 0.969. The van der Waals surface area contributed by atoms with Gasteiger partial charge in [-0.25, -0.2) is 4.98 Å². The quantitative estimate of drug-likeness (QED) is 0.655. The van der Waals surface area contributed by atoms with Crippen molar-refractivity contribution in [3.63, 3.8) is 0 Å². The van der Waals surface area contributed by atoms with Crippen molar-refractivity contribution in [1.82, 2.24) is 15.2 Å². The summed E-state index contributed by atoms with van der Waals surface area (Å²) in [6.07, 6.45) is 0. The highest BCUT2D eigenvalue weighted by Gasteiger charge is 2.06. The highest BCUT2D eigenvalue weighted by atomic mass is 127. The summed E-state index contributed by atoms with van der Waals surface area (Å²) in [5, 5.41) is 7.53. The van der Waals surface area contributed by atoms with Gasteiger partial charge in [-0.05, 0) is 59.5 Å². The molecule has 2 rings (SSSR count). The Morgan fingerprint density at radius 2 is 2.27 bits per heavy atom. The number of anilines is 1. The van der Waals surface area contributed by atoms with Crippen LogP contribution < -0.4 is 5.73 Å². The predicted molar refractivity (Wildman–Crippen MR) is 68.8 cm³/mol. The molecule has 0 saturated carbocycles. The maximum Gasteiger partial charge on any atom is 0.213 e. The Labute approximate surface area is 105 Å². The molecule has 4 nitrogen and oxygen atoms in total. The molecule has 1 aromatic heterocycles. The third kappa shape index (κ3) is 2.63. The maximum atomic E-state index is 5.88. The molecule has 1 heterocycles. The number of aromatic nitrogens is 3. The van der Waals surface area contributed by atoms with Crippen LogP contribution in [0.1, 0.15) is 5.82 Å². The Bertz CT molecular complexity index is 483. The monoisotopic (exact) mass is 332 g/mol. The molecule has 0 saturated heterocycles. The standard InChI is InChI=1S/C9H9IN4S/c1-5-12-9(14-13-5)15-8-3-2-6(10)4-7(8)11/h2-4H,11H2,1H3,(H,12,13,14). The number of hydrogen-bond acceptors (Lipinski definition) is 4. The van der Waals surface area contributed by atoms with Gasteiger partial charge in [-0.3, -0.25) is 5.10 Å². The second-order valence-corrected chi connectivity index (χ2v) is 5.24. The van der Waals surface area contributed by atoms with E-state index in [0.29, 0.717) is 5.16 Å². The molecule has 0 radical (unpaired) electrons. The highest BCUT2D eigenvalue weighted by Crippen LogP contribution is 2.30. The van der Waals surface area contributed by atoms with Gasteiger partial charge in [0.1, 0.15) is 5.82 Å². The third-order valence-corrected chi connectivity index (χ3v) is 3.38. The number of hydrogen-bond donors (Lipinski definition) is 2. The van der Waals surface area contributed by atoms with E-state index >= 15 is 0 Å². The molecule has 2 aromatic rings. The summed E-state index contributed by atoms with van der Waals surface area (Å²) in [6, 6.07) is 5.93. The lowest BCUT2D eigenvalue weighted by Crippen LogP contribution is -1.89. The zero-order valence-corrected chi connectivity index (χ0v) is 11.0. The Morgan fingerprint density at radius 1 is 1.47 bits per heavy atom. The number of aryl methyl sites for hydroxylation is 1. The number of nitrogen functional groups attached to an aromatic ring is 1. The van der Waals surface area contributed by atoms with Gasteiger partial charge >= 0.3 is 0 Å². The van der Waals surface area contributed by atoms with Crippen LogP contribution in [-0.2, 0) is 0 Å². The van der Waals surface area contributed by atoms with Crippen LogP contribution in [0.3, 0.4) is 0 Å². The van der Waals surface area contributed by atoms with Crippen LogP contribution in [0.25, 0.3) is 0 Å². The zero-order valence-electron chi connectivity index (χ0n) is 7.99. The summed E-state index contributed by atoms with van der Waals surface area (Å²) in [4.78, 5) is 5.19. The van der Waals surface area contributed by atoms with Crippen LogP contribution >= 0.6 is 34.4 Å². The van der Waals surface area contributed by atoms with Gasteiger partial charge in [-0.1, -0.05) is 0 Å². The first-order valence-corrected chi connectivity index (χ1v) is 6.16.